The molecule has 1 saturated carbocycles. The van der Waals surface area contributed by atoms with E-state index in [4.69, 9.17) is 4.74 Å². The van der Waals surface area contributed by atoms with Crippen LogP contribution in [-0.4, -0.2) is 47.7 Å². The van der Waals surface area contributed by atoms with Crippen LogP contribution in [0.2, 0.25) is 0 Å². The SMILES string of the molecule is CCN(CC1CCCO1)C(=O)C1CCCC1C(=O)O. The molecule has 1 heterocycles. The van der Waals surface area contributed by atoms with E-state index in [1.807, 2.05) is 6.92 Å². The molecule has 0 aromatic carbocycles. The Morgan fingerprint density at radius 3 is 2.53 bits per heavy atom. The topological polar surface area (TPSA) is 66.8 Å². The van der Waals surface area contributed by atoms with Crippen LogP contribution < -0.4 is 0 Å². The van der Waals surface area contributed by atoms with Gasteiger partial charge in [0.05, 0.1) is 17.9 Å². The third-order valence-corrected chi connectivity index (χ3v) is 4.29. The van der Waals surface area contributed by atoms with Crippen molar-refractivity contribution in [3.8, 4) is 0 Å². The lowest BCUT2D eigenvalue weighted by Crippen LogP contribution is -2.42. The summed E-state index contributed by atoms with van der Waals surface area (Å²) < 4.78 is 5.56. The summed E-state index contributed by atoms with van der Waals surface area (Å²) in [6.45, 7) is 3.95. The van der Waals surface area contributed by atoms with Crippen LogP contribution in [0.15, 0.2) is 0 Å². The molecule has 108 valence electrons. The summed E-state index contributed by atoms with van der Waals surface area (Å²) in [4.78, 5) is 25.4. The number of nitrogens with zero attached hydrogens (tertiary/aromatic N) is 1. The number of carboxylic acids is 1. The van der Waals surface area contributed by atoms with E-state index in [2.05, 4.69) is 0 Å². The number of amides is 1. The maximum Gasteiger partial charge on any atom is 0.307 e. The van der Waals surface area contributed by atoms with E-state index >= 15 is 0 Å². The van der Waals surface area contributed by atoms with Crippen molar-refractivity contribution in [3.63, 3.8) is 0 Å². The molecule has 0 aromatic rings. The average Bonchev–Trinajstić information content (AvgIpc) is 3.05. The van der Waals surface area contributed by atoms with Crippen LogP contribution in [0.5, 0.6) is 0 Å². The highest BCUT2D eigenvalue weighted by Crippen LogP contribution is 2.33. The molecule has 1 N–H and O–H groups in total. The van der Waals surface area contributed by atoms with Gasteiger partial charge in [-0.05, 0) is 32.6 Å². The van der Waals surface area contributed by atoms with Crippen molar-refractivity contribution in [2.75, 3.05) is 19.7 Å². The number of rotatable bonds is 5. The van der Waals surface area contributed by atoms with E-state index in [9.17, 15) is 14.7 Å². The van der Waals surface area contributed by atoms with E-state index in [0.29, 0.717) is 25.9 Å². The standard InChI is InChI=1S/C14H23NO4/c1-2-15(9-10-5-4-8-19-10)13(16)11-6-3-7-12(11)14(17)18/h10-12H,2-9H2,1H3,(H,17,18). The highest BCUT2D eigenvalue weighted by Gasteiger charge is 2.39. The average molecular weight is 269 g/mol. The third kappa shape index (κ3) is 3.26. The maximum absolute atomic E-state index is 12.5. The highest BCUT2D eigenvalue weighted by molar-refractivity contribution is 5.85. The van der Waals surface area contributed by atoms with E-state index in [-0.39, 0.29) is 17.9 Å². The molecule has 5 heteroatoms. The molecule has 3 atom stereocenters. The maximum atomic E-state index is 12.5. The minimum atomic E-state index is -0.830. The van der Waals surface area contributed by atoms with Crippen LogP contribution in [0.3, 0.4) is 0 Å². The second kappa shape index (κ2) is 6.37. The van der Waals surface area contributed by atoms with Crippen molar-refractivity contribution in [1.82, 2.24) is 4.90 Å². The summed E-state index contributed by atoms with van der Waals surface area (Å²) in [6, 6.07) is 0. The molecular formula is C14H23NO4. The first-order valence-electron chi connectivity index (χ1n) is 7.26. The number of aliphatic carboxylic acids is 1. The van der Waals surface area contributed by atoms with E-state index < -0.39 is 11.9 Å². The van der Waals surface area contributed by atoms with Crippen LogP contribution in [0, 0.1) is 11.8 Å². The van der Waals surface area contributed by atoms with Gasteiger partial charge in [0.25, 0.3) is 0 Å². The molecule has 0 bridgehead atoms. The number of carboxylic acid groups (broad SMARTS) is 1. The molecule has 2 aliphatic rings. The summed E-state index contributed by atoms with van der Waals surface area (Å²) in [7, 11) is 0. The van der Waals surface area contributed by atoms with Crippen molar-refractivity contribution >= 4 is 11.9 Å². The third-order valence-electron chi connectivity index (χ3n) is 4.29. The van der Waals surface area contributed by atoms with Gasteiger partial charge in [0.1, 0.15) is 0 Å². The van der Waals surface area contributed by atoms with Crippen LogP contribution in [0.4, 0.5) is 0 Å². The first-order chi connectivity index (χ1) is 9.13. The Balaban J connectivity index is 1.96. The van der Waals surface area contributed by atoms with Gasteiger partial charge in [0, 0.05) is 19.7 Å². The molecule has 0 aromatic heterocycles. The number of carbonyl (C=O) groups excluding carboxylic acids is 1. The molecule has 1 saturated heterocycles. The van der Waals surface area contributed by atoms with Gasteiger partial charge in [-0.1, -0.05) is 6.42 Å². The summed E-state index contributed by atoms with van der Waals surface area (Å²) in [6.07, 6.45) is 4.36. The molecular weight excluding hydrogens is 246 g/mol. The fraction of sp³-hybridized carbons (Fsp3) is 0.857. The Labute approximate surface area is 113 Å². The lowest BCUT2D eigenvalue weighted by atomic mass is 9.94. The van der Waals surface area contributed by atoms with Crippen molar-refractivity contribution in [1.29, 1.82) is 0 Å². The fourth-order valence-electron chi connectivity index (χ4n) is 3.19. The van der Waals surface area contributed by atoms with Crippen molar-refractivity contribution < 1.29 is 19.4 Å². The van der Waals surface area contributed by atoms with Crippen LogP contribution in [0.25, 0.3) is 0 Å². The van der Waals surface area contributed by atoms with E-state index in [0.717, 1.165) is 25.9 Å². The first-order valence-corrected chi connectivity index (χ1v) is 7.26. The predicted octanol–water partition coefficient (Wildman–Crippen LogP) is 1.51. The van der Waals surface area contributed by atoms with Gasteiger partial charge in [-0.3, -0.25) is 9.59 Å². The second-order valence-electron chi connectivity index (χ2n) is 5.49. The van der Waals surface area contributed by atoms with E-state index in [1.165, 1.54) is 0 Å². The molecule has 5 nitrogen and oxygen atoms in total. The van der Waals surface area contributed by atoms with Gasteiger partial charge in [0.2, 0.25) is 5.91 Å². The zero-order chi connectivity index (χ0) is 13.8. The van der Waals surface area contributed by atoms with Crippen molar-refractivity contribution in [2.24, 2.45) is 11.8 Å². The Kier molecular flexibility index (Phi) is 4.80. The normalized spacial score (nSPS) is 30.5. The minimum absolute atomic E-state index is 0.00269. The number of likely N-dealkylation sites (N-methyl/N-ethyl adjacent to an activating group) is 1. The minimum Gasteiger partial charge on any atom is -0.481 e. The van der Waals surface area contributed by atoms with Crippen LogP contribution >= 0.6 is 0 Å². The molecule has 2 rings (SSSR count). The Hall–Kier alpha value is -1.10. The number of carbonyl (C=O) groups is 2. The van der Waals surface area contributed by atoms with Crippen molar-refractivity contribution in [3.05, 3.63) is 0 Å². The number of hydrogen-bond acceptors (Lipinski definition) is 3. The van der Waals surface area contributed by atoms with Crippen LogP contribution in [-0.2, 0) is 14.3 Å². The van der Waals surface area contributed by atoms with Gasteiger partial charge in [0.15, 0.2) is 0 Å². The molecule has 2 fully saturated rings. The molecule has 0 radical (unpaired) electrons. The largest absolute Gasteiger partial charge is 0.481 e. The quantitative estimate of drug-likeness (QED) is 0.821. The first kappa shape index (κ1) is 14.3. The fourth-order valence-corrected chi connectivity index (χ4v) is 3.19. The van der Waals surface area contributed by atoms with E-state index in [1.54, 1.807) is 4.90 Å². The molecule has 19 heavy (non-hydrogen) atoms. The number of ether oxygens (including phenoxy) is 1. The Bertz CT molecular complexity index is 338. The Morgan fingerprint density at radius 2 is 1.95 bits per heavy atom. The molecule has 1 aliphatic heterocycles. The smallest absolute Gasteiger partial charge is 0.307 e. The highest BCUT2D eigenvalue weighted by atomic mass is 16.5. The monoisotopic (exact) mass is 269 g/mol. The Morgan fingerprint density at radius 1 is 1.21 bits per heavy atom. The predicted molar refractivity (Wildman–Crippen MR) is 69.7 cm³/mol. The molecule has 1 amide bonds. The molecule has 1 aliphatic carbocycles. The molecule has 3 unspecified atom stereocenters. The lowest BCUT2D eigenvalue weighted by molar-refractivity contribution is -0.149. The summed E-state index contributed by atoms with van der Waals surface area (Å²) in [5.41, 5.74) is 0. The number of hydrogen-bond donors (Lipinski definition) is 1. The summed E-state index contributed by atoms with van der Waals surface area (Å²) in [5, 5.41) is 9.18. The summed E-state index contributed by atoms with van der Waals surface area (Å²) in [5.74, 6) is -1.66. The second-order valence-corrected chi connectivity index (χ2v) is 5.49. The molecule has 0 spiro atoms. The van der Waals surface area contributed by atoms with Gasteiger partial charge >= 0.3 is 5.97 Å². The zero-order valence-corrected chi connectivity index (χ0v) is 11.5. The zero-order valence-electron chi connectivity index (χ0n) is 11.5. The van der Waals surface area contributed by atoms with Crippen LogP contribution in [0.1, 0.15) is 39.0 Å². The lowest BCUT2D eigenvalue weighted by Gasteiger charge is -2.28. The van der Waals surface area contributed by atoms with Crippen molar-refractivity contribution in [2.45, 2.75) is 45.1 Å². The van der Waals surface area contributed by atoms with Gasteiger partial charge < -0.3 is 14.7 Å². The van der Waals surface area contributed by atoms with Gasteiger partial charge in [-0.2, -0.15) is 0 Å². The van der Waals surface area contributed by atoms with Gasteiger partial charge in [-0.25, -0.2) is 0 Å². The summed E-state index contributed by atoms with van der Waals surface area (Å²) >= 11 is 0. The van der Waals surface area contributed by atoms with Gasteiger partial charge in [-0.15, -0.1) is 0 Å².